The molecule has 1 saturated heterocycles. The number of piperidine rings is 1. The van der Waals surface area contributed by atoms with Gasteiger partial charge in [0.05, 0.1) is 0 Å². The summed E-state index contributed by atoms with van der Waals surface area (Å²) in [6, 6.07) is 16.9. The van der Waals surface area contributed by atoms with Gasteiger partial charge in [-0.05, 0) is 42.6 Å². The van der Waals surface area contributed by atoms with E-state index in [0.29, 0.717) is 18.7 Å². The number of hydrogen-bond donors (Lipinski definition) is 0. The van der Waals surface area contributed by atoms with Crippen molar-refractivity contribution >= 4 is 24.8 Å². The average molecular weight is 465 g/mol. The van der Waals surface area contributed by atoms with Crippen molar-refractivity contribution < 1.29 is 4.74 Å². The number of fused-ring (bicyclic) bond motifs is 1. The molecule has 0 unspecified atom stereocenters. The van der Waals surface area contributed by atoms with Crippen molar-refractivity contribution in [2.24, 2.45) is 5.92 Å². The summed E-state index contributed by atoms with van der Waals surface area (Å²) in [4.78, 5) is 9.79. The van der Waals surface area contributed by atoms with Crippen LogP contribution in [0.2, 0.25) is 25.7 Å². The van der Waals surface area contributed by atoms with E-state index < -0.39 is 8.07 Å². The Morgan fingerprint density at radius 2 is 1.91 bits per heavy atom. The zero-order chi connectivity index (χ0) is 23.4. The predicted molar refractivity (Wildman–Crippen MR) is 142 cm³/mol. The van der Waals surface area contributed by atoms with Crippen molar-refractivity contribution in [2.45, 2.75) is 58.3 Å². The van der Waals surface area contributed by atoms with Crippen LogP contribution < -0.4 is 4.90 Å². The Bertz CT molecular complexity index is 1030. The molecule has 1 fully saturated rings. The molecule has 178 valence electrons. The summed E-state index contributed by atoms with van der Waals surface area (Å²) in [7, 11) is 1.18. The SMILES string of the molecule is C[C@@H]1CCN(Cc2ccccc2)C[C@@H]1N(C)c1ccnc2c1ccn2COCC[Si](C)(C)C. The lowest BCUT2D eigenvalue weighted by atomic mass is 9.91. The fourth-order valence-corrected chi connectivity index (χ4v) is 5.57. The first-order chi connectivity index (χ1) is 15.8. The standard InChI is InChI=1S/C27H40N4OSi/c1-22-12-15-30(19-23-9-7-6-8-10-23)20-26(22)29(2)25-11-14-28-27-24(25)13-16-31(27)21-32-17-18-33(3,4)5/h6-11,13-14,16,22,26H,12,15,17-21H2,1-5H3/t22-,26+/m1/s1. The first-order valence-electron chi connectivity index (χ1n) is 12.3. The smallest absolute Gasteiger partial charge is 0.143 e. The van der Waals surface area contributed by atoms with Crippen LogP contribution in [-0.2, 0) is 18.0 Å². The van der Waals surface area contributed by atoms with Gasteiger partial charge in [0, 0.05) is 64.3 Å². The monoisotopic (exact) mass is 464 g/mol. The van der Waals surface area contributed by atoms with Gasteiger partial charge in [0.2, 0.25) is 0 Å². The van der Waals surface area contributed by atoms with Crippen molar-refractivity contribution in [1.82, 2.24) is 14.5 Å². The predicted octanol–water partition coefficient (Wildman–Crippen LogP) is 5.70. The maximum absolute atomic E-state index is 6.00. The normalized spacial score (nSPS) is 19.8. The third kappa shape index (κ3) is 6.05. The van der Waals surface area contributed by atoms with E-state index in [4.69, 9.17) is 9.72 Å². The maximum Gasteiger partial charge on any atom is 0.143 e. The molecule has 0 spiro atoms. The highest BCUT2D eigenvalue weighted by Crippen LogP contribution is 2.31. The molecule has 2 atom stereocenters. The summed E-state index contributed by atoms with van der Waals surface area (Å²) in [6.07, 6.45) is 5.29. The summed E-state index contributed by atoms with van der Waals surface area (Å²) < 4.78 is 8.15. The summed E-state index contributed by atoms with van der Waals surface area (Å²) in [5.41, 5.74) is 3.67. The fraction of sp³-hybridized carbons (Fsp3) is 0.519. The number of anilines is 1. The van der Waals surface area contributed by atoms with E-state index >= 15 is 0 Å². The Morgan fingerprint density at radius 1 is 1.12 bits per heavy atom. The van der Waals surface area contributed by atoms with Crippen LogP contribution in [0.1, 0.15) is 18.9 Å². The van der Waals surface area contributed by atoms with Crippen LogP contribution in [-0.4, -0.2) is 55.3 Å². The number of likely N-dealkylation sites (N-methyl/N-ethyl adjacent to an activating group) is 1. The second-order valence-electron chi connectivity index (χ2n) is 10.9. The van der Waals surface area contributed by atoms with Crippen LogP contribution in [0.3, 0.4) is 0 Å². The lowest BCUT2D eigenvalue weighted by Crippen LogP contribution is -2.50. The first kappa shape index (κ1) is 24.0. The molecule has 0 bridgehead atoms. The largest absolute Gasteiger partial charge is 0.369 e. The van der Waals surface area contributed by atoms with E-state index in [1.165, 1.54) is 29.1 Å². The van der Waals surface area contributed by atoms with Crippen LogP contribution in [0.4, 0.5) is 5.69 Å². The molecule has 1 aliphatic rings. The van der Waals surface area contributed by atoms with E-state index in [2.05, 4.69) is 96.6 Å². The fourth-order valence-electron chi connectivity index (χ4n) is 4.81. The summed E-state index contributed by atoms with van der Waals surface area (Å²) >= 11 is 0. The number of hydrogen-bond acceptors (Lipinski definition) is 4. The number of ether oxygens (including phenoxy) is 1. The van der Waals surface area contributed by atoms with Crippen LogP contribution in [0.15, 0.2) is 54.9 Å². The topological polar surface area (TPSA) is 33.5 Å². The summed E-state index contributed by atoms with van der Waals surface area (Å²) in [5, 5.41) is 1.21. The van der Waals surface area contributed by atoms with Gasteiger partial charge in [-0.15, -0.1) is 0 Å². The number of rotatable bonds is 9. The van der Waals surface area contributed by atoms with E-state index in [0.717, 1.165) is 31.9 Å². The Kier molecular flexibility index (Phi) is 7.57. The van der Waals surface area contributed by atoms with E-state index in [-0.39, 0.29) is 0 Å². The molecule has 0 N–H and O–H groups in total. The van der Waals surface area contributed by atoms with Crippen molar-refractivity contribution in [3.63, 3.8) is 0 Å². The van der Waals surface area contributed by atoms with E-state index in [1.807, 2.05) is 6.20 Å². The Labute approximate surface area is 200 Å². The molecule has 0 saturated carbocycles. The number of likely N-dealkylation sites (tertiary alicyclic amines) is 1. The average Bonchev–Trinajstić information content (AvgIpc) is 3.21. The van der Waals surface area contributed by atoms with Crippen LogP contribution in [0.25, 0.3) is 11.0 Å². The van der Waals surface area contributed by atoms with Gasteiger partial charge >= 0.3 is 0 Å². The first-order valence-corrected chi connectivity index (χ1v) is 16.0. The minimum absolute atomic E-state index is 0.476. The number of pyridine rings is 1. The van der Waals surface area contributed by atoms with E-state index in [9.17, 15) is 0 Å². The van der Waals surface area contributed by atoms with Gasteiger partial charge in [0.15, 0.2) is 0 Å². The van der Waals surface area contributed by atoms with Crippen molar-refractivity contribution in [3.05, 3.63) is 60.4 Å². The zero-order valence-electron chi connectivity index (χ0n) is 21.0. The molecule has 6 heteroatoms. The summed E-state index contributed by atoms with van der Waals surface area (Å²) in [6.45, 7) is 14.2. The quantitative estimate of drug-likeness (QED) is 0.301. The molecule has 1 aromatic carbocycles. The lowest BCUT2D eigenvalue weighted by molar-refractivity contribution is 0.0899. The highest BCUT2D eigenvalue weighted by atomic mass is 28.3. The lowest BCUT2D eigenvalue weighted by Gasteiger charge is -2.43. The molecule has 0 radical (unpaired) electrons. The Hall–Kier alpha value is -2.15. The molecular formula is C27H40N4OSi. The Morgan fingerprint density at radius 3 is 2.67 bits per heavy atom. The van der Waals surface area contributed by atoms with E-state index in [1.54, 1.807) is 0 Å². The molecule has 0 amide bonds. The van der Waals surface area contributed by atoms with Gasteiger partial charge < -0.3 is 14.2 Å². The van der Waals surface area contributed by atoms with Crippen molar-refractivity contribution in [1.29, 1.82) is 0 Å². The molecule has 5 nitrogen and oxygen atoms in total. The molecular weight excluding hydrogens is 424 g/mol. The second kappa shape index (κ2) is 10.4. The highest BCUT2D eigenvalue weighted by Gasteiger charge is 2.30. The summed E-state index contributed by atoms with van der Waals surface area (Å²) in [5.74, 6) is 0.650. The minimum atomic E-state index is -1.07. The molecule has 1 aliphatic heterocycles. The van der Waals surface area contributed by atoms with Gasteiger partial charge in [-0.3, -0.25) is 4.90 Å². The molecule has 2 aromatic heterocycles. The third-order valence-corrected chi connectivity index (χ3v) is 8.70. The van der Waals surface area contributed by atoms with Gasteiger partial charge in [0.25, 0.3) is 0 Å². The highest BCUT2D eigenvalue weighted by molar-refractivity contribution is 6.76. The Balaban J connectivity index is 1.46. The number of nitrogens with zero attached hydrogens (tertiary/aromatic N) is 4. The van der Waals surface area contributed by atoms with Gasteiger partial charge in [-0.1, -0.05) is 56.9 Å². The van der Waals surface area contributed by atoms with Gasteiger partial charge in [-0.25, -0.2) is 4.98 Å². The van der Waals surface area contributed by atoms with Gasteiger partial charge in [0.1, 0.15) is 12.4 Å². The third-order valence-electron chi connectivity index (χ3n) is 7.00. The number of aromatic nitrogens is 2. The molecule has 0 aliphatic carbocycles. The minimum Gasteiger partial charge on any atom is -0.369 e. The maximum atomic E-state index is 6.00. The molecule has 3 heterocycles. The van der Waals surface area contributed by atoms with Gasteiger partial charge in [-0.2, -0.15) is 0 Å². The van der Waals surface area contributed by atoms with Crippen molar-refractivity contribution in [3.8, 4) is 0 Å². The second-order valence-corrected chi connectivity index (χ2v) is 16.5. The van der Waals surface area contributed by atoms with Crippen molar-refractivity contribution in [2.75, 3.05) is 31.6 Å². The number of benzene rings is 1. The van der Waals surface area contributed by atoms with Crippen LogP contribution >= 0.6 is 0 Å². The van der Waals surface area contributed by atoms with Crippen LogP contribution in [0.5, 0.6) is 0 Å². The molecule has 33 heavy (non-hydrogen) atoms. The van der Waals surface area contributed by atoms with Crippen LogP contribution in [0, 0.1) is 5.92 Å². The zero-order valence-corrected chi connectivity index (χ0v) is 22.0. The molecule has 3 aromatic rings. The molecule has 4 rings (SSSR count).